The second-order valence-electron chi connectivity index (χ2n) is 14.8. The van der Waals surface area contributed by atoms with Gasteiger partial charge >= 0.3 is 0 Å². The number of aromatic nitrogens is 3. The Bertz CT molecular complexity index is 2140. The number of aliphatic hydroxyl groups excluding tert-OH is 1. The minimum atomic E-state index is -3.41. The van der Waals surface area contributed by atoms with Gasteiger partial charge in [0.15, 0.2) is 5.60 Å². The molecule has 11 nitrogen and oxygen atoms in total. The van der Waals surface area contributed by atoms with E-state index in [0.717, 1.165) is 11.1 Å². The Balaban J connectivity index is 1.12. The van der Waals surface area contributed by atoms with Crippen LogP contribution in [-0.2, 0) is 28.2 Å². The molecule has 5 atom stereocenters. The smallest absolute Gasteiger partial charge is 0.264 e. The van der Waals surface area contributed by atoms with E-state index in [4.69, 9.17) is 14.2 Å². The first-order valence-corrected chi connectivity index (χ1v) is 21.4. The van der Waals surface area contributed by atoms with Crippen molar-refractivity contribution < 1.29 is 33.0 Å². The molecule has 2 aliphatic heterocycles. The molecule has 0 radical (unpaired) electrons. The number of methoxy groups -OCH3 is 2. The van der Waals surface area contributed by atoms with Crippen LogP contribution in [0.3, 0.4) is 0 Å². The zero-order chi connectivity index (χ0) is 38.9. The summed E-state index contributed by atoms with van der Waals surface area (Å²) in [5, 5.41) is 21.8. The van der Waals surface area contributed by atoms with Crippen LogP contribution in [0.25, 0.3) is 0 Å². The number of hydrogen-bond donors (Lipinski definition) is 2. The first-order chi connectivity index (χ1) is 26.5. The van der Waals surface area contributed by atoms with Crippen molar-refractivity contribution in [1.82, 2.24) is 15.0 Å². The summed E-state index contributed by atoms with van der Waals surface area (Å²) in [5.74, 6) is -0.0702. The minimum Gasteiger partial charge on any atom is -0.497 e. The Morgan fingerprint density at radius 2 is 1.69 bits per heavy atom. The molecule has 2 aliphatic rings. The van der Waals surface area contributed by atoms with Crippen molar-refractivity contribution in [3.05, 3.63) is 131 Å². The summed E-state index contributed by atoms with van der Waals surface area (Å²) in [7, 11) is -0.262. The highest BCUT2D eigenvalue weighted by molar-refractivity contribution is 6.72. The fourth-order valence-electron chi connectivity index (χ4n) is 8.30. The first kappa shape index (κ1) is 37.9. The number of benzene rings is 4. The predicted molar refractivity (Wildman–Crippen MR) is 210 cm³/mol. The summed E-state index contributed by atoms with van der Waals surface area (Å²) < 4.78 is 35.9. The van der Waals surface area contributed by atoms with Crippen LogP contribution in [0.15, 0.2) is 103 Å². The van der Waals surface area contributed by atoms with Crippen LogP contribution in [-0.4, -0.2) is 67.3 Å². The number of anilines is 2. The standard InChI is InChI=1S/C42H46FN5O6Si/c1-27-39(55(4,5)43)38(21-22-47-25-36(45-46-47)34(26-49)29-9-7-6-8-10-29)54-42(27)35-23-33(53-3)19-20-37(35)48(41(42)51)24-28-11-15-31(16-12-28)44-40(50)30-13-17-32(52-2)18-14-30/h6-20,23,25,27,34,38-39,49H,21-22,24,26H2,1-5H3,(H,44,50)/t27-,34?,38+,39-,42+/m1/s1. The molecule has 3 heterocycles. The predicted octanol–water partition coefficient (Wildman–Crippen LogP) is 7.08. The molecule has 7 rings (SSSR count). The fraction of sp³-hybridized carbons (Fsp3) is 0.333. The quantitative estimate of drug-likeness (QED) is 0.0963. The molecule has 0 aliphatic carbocycles. The number of halogens is 1. The van der Waals surface area contributed by atoms with Gasteiger partial charge in [-0.2, -0.15) is 0 Å². The van der Waals surface area contributed by atoms with Gasteiger partial charge < -0.3 is 33.6 Å². The van der Waals surface area contributed by atoms with Gasteiger partial charge in [0.1, 0.15) is 11.5 Å². The lowest BCUT2D eigenvalue weighted by Crippen LogP contribution is -2.45. The molecule has 55 heavy (non-hydrogen) atoms. The van der Waals surface area contributed by atoms with Crippen molar-refractivity contribution in [2.45, 2.75) is 62.7 Å². The van der Waals surface area contributed by atoms with E-state index < -0.39 is 31.6 Å². The molecule has 5 aromatic rings. The highest BCUT2D eigenvalue weighted by Gasteiger charge is 2.66. The number of carbonyl (C=O) groups is 2. The molecule has 2 N–H and O–H groups in total. The zero-order valence-corrected chi connectivity index (χ0v) is 32.6. The van der Waals surface area contributed by atoms with E-state index >= 15 is 4.11 Å². The van der Waals surface area contributed by atoms with Crippen LogP contribution < -0.4 is 19.7 Å². The molecule has 286 valence electrons. The largest absolute Gasteiger partial charge is 0.497 e. The number of carbonyl (C=O) groups excluding carboxylic acids is 2. The van der Waals surface area contributed by atoms with Gasteiger partial charge in [-0.3, -0.25) is 14.3 Å². The fourth-order valence-corrected chi connectivity index (χ4v) is 10.8. The third-order valence-corrected chi connectivity index (χ3v) is 13.5. The van der Waals surface area contributed by atoms with Gasteiger partial charge in [0.2, 0.25) is 8.41 Å². The second kappa shape index (κ2) is 15.4. The number of rotatable bonds is 13. The highest BCUT2D eigenvalue weighted by Crippen LogP contribution is 2.60. The molecular formula is C42H46FN5O6Si. The second-order valence-corrected chi connectivity index (χ2v) is 18.6. The maximum absolute atomic E-state index is 16.5. The van der Waals surface area contributed by atoms with E-state index in [1.165, 1.54) is 0 Å². The molecule has 13 heteroatoms. The van der Waals surface area contributed by atoms with Crippen molar-refractivity contribution in [2.75, 3.05) is 31.0 Å². The van der Waals surface area contributed by atoms with Crippen LogP contribution in [0.1, 0.15) is 52.0 Å². The van der Waals surface area contributed by atoms with Gasteiger partial charge in [0.05, 0.1) is 50.8 Å². The van der Waals surface area contributed by atoms with Crippen molar-refractivity contribution in [3.63, 3.8) is 0 Å². The Morgan fingerprint density at radius 1 is 1.00 bits per heavy atom. The van der Waals surface area contributed by atoms with Crippen molar-refractivity contribution in [3.8, 4) is 11.5 Å². The minimum absolute atomic E-state index is 0.120. The van der Waals surface area contributed by atoms with E-state index in [0.29, 0.717) is 52.7 Å². The Labute approximate surface area is 321 Å². The van der Waals surface area contributed by atoms with E-state index in [1.54, 1.807) is 73.3 Å². The average Bonchev–Trinajstić information content (AvgIpc) is 3.85. The van der Waals surface area contributed by atoms with Gasteiger partial charge in [0, 0.05) is 41.0 Å². The molecule has 2 amide bonds. The Hall–Kier alpha value is -5.37. The van der Waals surface area contributed by atoms with Gasteiger partial charge in [-0.25, -0.2) is 0 Å². The highest BCUT2D eigenvalue weighted by atomic mass is 28.4. The molecular weight excluding hydrogens is 718 g/mol. The topological polar surface area (TPSA) is 128 Å². The van der Waals surface area contributed by atoms with E-state index in [2.05, 4.69) is 15.6 Å². The number of aliphatic hydroxyl groups is 1. The van der Waals surface area contributed by atoms with Gasteiger partial charge in [0.25, 0.3) is 11.8 Å². The number of nitrogens with zero attached hydrogens (tertiary/aromatic N) is 4. The number of nitrogens with one attached hydrogen (secondary N) is 1. The van der Waals surface area contributed by atoms with E-state index in [1.807, 2.05) is 73.8 Å². The lowest BCUT2D eigenvalue weighted by molar-refractivity contribution is -0.146. The Kier molecular flexibility index (Phi) is 10.6. The van der Waals surface area contributed by atoms with Gasteiger partial charge in [-0.05, 0) is 85.2 Å². The van der Waals surface area contributed by atoms with E-state index in [-0.39, 0.29) is 30.9 Å². The summed E-state index contributed by atoms with van der Waals surface area (Å²) in [6, 6.07) is 29.4. The number of amides is 2. The first-order valence-electron chi connectivity index (χ1n) is 18.4. The van der Waals surface area contributed by atoms with Crippen LogP contribution in [0, 0.1) is 5.92 Å². The lowest BCUT2D eigenvalue weighted by Gasteiger charge is -2.31. The van der Waals surface area contributed by atoms with Crippen molar-refractivity contribution >= 4 is 31.6 Å². The molecule has 1 fully saturated rings. The van der Waals surface area contributed by atoms with Crippen LogP contribution in [0.5, 0.6) is 11.5 Å². The van der Waals surface area contributed by atoms with Crippen LogP contribution >= 0.6 is 0 Å². The summed E-state index contributed by atoms with van der Waals surface area (Å²) >= 11 is 0. The maximum Gasteiger partial charge on any atom is 0.264 e. The number of aryl methyl sites for hydroxylation is 1. The summed E-state index contributed by atoms with van der Waals surface area (Å²) in [6.07, 6.45) is 1.65. The molecule has 1 spiro atoms. The third kappa shape index (κ3) is 7.27. The molecule has 1 saturated heterocycles. The van der Waals surface area contributed by atoms with Crippen LogP contribution in [0.4, 0.5) is 15.5 Å². The van der Waals surface area contributed by atoms with Crippen molar-refractivity contribution in [2.24, 2.45) is 5.92 Å². The summed E-state index contributed by atoms with van der Waals surface area (Å²) in [6.45, 7) is 5.80. The van der Waals surface area contributed by atoms with Gasteiger partial charge in [-0.1, -0.05) is 54.6 Å². The monoisotopic (exact) mass is 763 g/mol. The molecule has 0 saturated carbocycles. The normalized spacial score (nSPS) is 21.1. The Morgan fingerprint density at radius 3 is 2.35 bits per heavy atom. The number of fused-ring (bicyclic) bond motifs is 2. The summed E-state index contributed by atoms with van der Waals surface area (Å²) in [4.78, 5) is 29.5. The van der Waals surface area contributed by atoms with Crippen LogP contribution in [0.2, 0.25) is 18.6 Å². The number of hydrogen-bond acceptors (Lipinski definition) is 8. The third-order valence-electron chi connectivity index (χ3n) is 11.0. The molecule has 1 unspecified atom stereocenters. The van der Waals surface area contributed by atoms with Gasteiger partial charge in [-0.15, -0.1) is 5.10 Å². The van der Waals surface area contributed by atoms with Crippen molar-refractivity contribution in [1.29, 1.82) is 0 Å². The van der Waals surface area contributed by atoms with E-state index in [9.17, 15) is 14.7 Å². The molecule has 1 aromatic heterocycles. The number of ether oxygens (including phenoxy) is 3. The lowest BCUT2D eigenvalue weighted by atomic mass is 9.82. The molecule has 0 bridgehead atoms. The zero-order valence-electron chi connectivity index (χ0n) is 31.6. The SMILES string of the molecule is COc1ccc(C(=O)Nc2ccc(CN3C(=O)[C@@]4(O[C@@H](CCn5cc(C(CO)c6ccccc6)nn5)[C@H]([Si](C)(C)F)[C@H]4C)c4cc(OC)ccc43)cc2)cc1. The summed E-state index contributed by atoms with van der Waals surface area (Å²) in [5.41, 5.74) is 2.94. The maximum atomic E-state index is 16.5. The average molecular weight is 764 g/mol. The molecule has 4 aromatic carbocycles.